The van der Waals surface area contributed by atoms with Crippen molar-refractivity contribution < 1.29 is 0 Å². The molecule has 3 aliphatic rings. The molecule has 172 valence electrons. The summed E-state index contributed by atoms with van der Waals surface area (Å²) >= 11 is 0. The highest BCUT2D eigenvalue weighted by Crippen LogP contribution is 2.31. The van der Waals surface area contributed by atoms with Gasteiger partial charge in [-0.05, 0) is 56.9 Å². The number of nitrogens with one attached hydrogen (secondary N) is 1. The summed E-state index contributed by atoms with van der Waals surface area (Å²) in [4.78, 5) is 15.1. The molecule has 1 aromatic heterocycles. The number of aromatic nitrogens is 2. The van der Waals surface area contributed by atoms with Crippen molar-refractivity contribution in [3.05, 3.63) is 47.2 Å². The summed E-state index contributed by atoms with van der Waals surface area (Å²) < 4.78 is 0. The Morgan fingerprint density at radius 2 is 1.66 bits per heavy atom. The molecule has 2 unspecified atom stereocenters. The van der Waals surface area contributed by atoms with Crippen molar-refractivity contribution in [1.82, 2.24) is 14.9 Å². The van der Waals surface area contributed by atoms with Crippen molar-refractivity contribution in [1.29, 1.82) is 0 Å². The summed E-state index contributed by atoms with van der Waals surface area (Å²) in [5.74, 6) is 1.98. The van der Waals surface area contributed by atoms with Crippen LogP contribution in [0.15, 0.2) is 30.3 Å². The lowest BCUT2D eigenvalue weighted by molar-refractivity contribution is 0.131. The Morgan fingerprint density at radius 3 is 2.47 bits per heavy atom. The molecule has 1 aromatic carbocycles. The van der Waals surface area contributed by atoms with Gasteiger partial charge in [0.25, 0.3) is 0 Å². The lowest BCUT2D eigenvalue weighted by atomic mass is 9.96. The summed E-state index contributed by atoms with van der Waals surface area (Å²) in [6, 6.07) is 10.8. The third-order valence-electron chi connectivity index (χ3n) is 7.40. The molecule has 6 nitrogen and oxygen atoms in total. The van der Waals surface area contributed by atoms with Crippen LogP contribution in [0.1, 0.15) is 68.2 Å². The number of aryl methyl sites for hydroxylation is 1. The van der Waals surface area contributed by atoms with E-state index >= 15 is 0 Å². The van der Waals surface area contributed by atoms with E-state index < -0.39 is 0 Å². The zero-order chi connectivity index (χ0) is 21.8. The fourth-order valence-corrected chi connectivity index (χ4v) is 5.60. The van der Waals surface area contributed by atoms with Crippen molar-refractivity contribution in [2.24, 2.45) is 5.73 Å². The van der Waals surface area contributed by atoms with E-state index in [9.17, 15) is 0 Å². The van der Waals surface area contributed by atoms with E-state index in [1.165, 1.54) is 61.2 Å². The van der Waals surface area contributed by atoms with Crippen LogP contribution in [-0.2, 0) is 19.4 Å². The maximum Gasteiger partial charge on any atom is 0.225 e. The fourth-order valence-electron chi connectivity index (χ4n) is 5.60. The topological polar surface area (TPSA) is 70.3 Å². The van der Waals surface area contributed by atoms with Crippen molar-refractivity contribution in [2.45, 2.75) is 83.0 Å². The van der Waals surface area contributed by atoms with Gasteiger partial charge >= 0.3 is 0 Å². The maximum absolute atomic E-state index is 6.76. The second-order valence-electron chi connectivity index (χ2n) is 9.74. The zero-order valence-corrected chi connectivity index (χ0v) is 19.3. The summed E-state index contributed by atoms with van der Waals surface area (Å²) in [5, 5.41) is 3.68. The van der Waals surface area contributed by atoms with Gasteiger partial charge in [0.2, 0.25) is 5.95 Å². The summed E-state index contributed by atoms with van der Waals surface area (Å²) in [6.45, 7) is 4.18. The lowest BCUT2D eigenvalue weighted by Crippen LogP contribution is -2.56. The number of fused-ring (bicyclic) bond motifs is 1. The molecule has 2 aromatic rings. The SMILES string of the molecule is NC1C(Nc2nc3c(c(N4CCCCCC4)n2)CCCC3)CCCN1Cc1ccccc1. The third-order valence-corrected chi connectivity index (χ3v) is 7.40. The van der Waals surface area contributed by atoms with Crippen molar-refractivity contribution in [2.75, 3.05) is 29.9 Å². The Labute approximate surface area is 192 Å². The van der Waals surface area contributed by atoms with Gasteiger partial charge in [0, 0.05) is 31.7 Å². The van der Waals surface area contributed by atoms with Gasteiger partial charge in [-0.3, -0.25) is 4.90 Å². The smallest absolute Gasteiger partial charge is 0.225 e. The van der Waals surface area contributed by atoms with Gasteiger partial charge in [0.05, 0.1) is 17.9 Å². The van der Waals surface area contributed by atoms with E-state index in [1.54, 1.807) is 0 Å². The van der Waals surface area contributed by atoms with E-state index in [-0.39, 0.29) is 12.2 Å². The molecule has 2 fully saturated rings. The Bertz CT molecular complexity index is 877. The van der Waals surface area contributed by atoms with Crippen LogP contribution in [0.5, 0.6) is 0 Å². The number of hydrogen-bond acceptors (Lipinski definition) is 6. The number of nitrogens with zero attached hydrogens (tertiary/aromatic N) is 4. The molecule has 0 bridgehead atoms. The average Bonchev–Trinajstić information content (AvgIpc) is 3.11. The number of rotatable bonds is 5. The van der Waals surface area contributed by atoms with Crippen LogP contribution in [-0.4, -0.2) is 46.7 Å². The molecule has 0 saturated carbocycles. The summed E-state index contributed by atoms with van der Waals surface area (Å²) in [5.41, 5.74) is 10.7. The fraction of sp³-hybridized carbons (Fsp3) is 0.615. The van der Waals surface area contributed by atoms with E-state index in [0.717, 1.165) is 57.8 Å². The van der Waals surface area contributed by atoms with Gasteiger partial charge in [0.1, 0.15) is 5.82 Å². The standard InChI is InChI=1S/C26H38N6/c27-24-23(15-10-18-32(24)19-20-11-4-3-5-12-20)29-26-28-22-14-7-6-13-21(22)25(30-26)31-16-8-1-2-9-17-31/h3-5,11-12,23-24H,1-2,6-10,13-19,27H2,(H,28,29,30). The maximum atomic E-state index is 6.76. The molecule has 32 heavy (non-hydrogen) atoms. The highest BCUT2D eigenvalue weighted by atomic mass is 15.3. The molecular formula is C26H38N6. The summed E-state index contributed by atoms with van der Waals surface area (Å²) in [6.07, 6.45) is 12.1. The van der Waals surface area contributed by atoms with Gasteiger partial charge in [-0.1, -0.05) is 43.2 Å². The number of anilines is 2. The molecule has 0 radical (unpaired) electrons. The average molecular weight is 435 g/mol. The largest absolute Gasteiger partial charge is 0.356 e. The molecule has 0 spiro atoms. The van der Waals surface area contributed by atoms with E-state index in [4.69, 9.17) is 15.7 Å². The predicted octanol–water partition coefficient (Wildman–Crippen LogP) is 4.10. The van der Waals surface area contributed by atoms with E-state index in [1.807, 2.05) is 0 Å². The molecule has 5 rings (SSSR count). The highest BCUT2D eigenvalue weighted by molar-refractivity contribution is 5.54. The molecular weight excluding hydrogens is 396 g/mol. The number of likely N-dealkylation sites (tertiary alicyclic amines) is 1. The molecule has 3 heterocycles. The highest BCUT2D eigenvalue weighted by Gasteiger charge is 2.30. The quantitative estimate of drug-likeness (QED) is 0.738. The first-order chi connectivity index (χ1) is 15.8. The molecule has 2 saturated heterocycles. The normalized spacial score (nSPS) is 24.6. The Balaban J connectivity index is 1.35. The van der Waals surface area contributed by atoms with Crippen LogP contribution >= 0.6 is 0 Å². The van der Waals surface area contributed by atoms with E-state index in [0.29, 0.717) is 0 Å². The second-order valence-corrected chi connectivity index (χ2v) is 9.74. The monoisotopic (exact) mass is 434 g/mol. The van der Waals surface area contributed by atoms with Gasteiger partial charge in [-0.25, -0.2) is 4.98 Å². The number of nitrogens with two attached hydrogens (primary N) is 1. The van der Waals surface area contributed by atoms with Crippen LogP contribution < -0.4 is 16.0 Å². The van der Waals surface area contributed by atoms with Crippen LogP contribution in [0.4, 0.5) is 11.8 Å². The molecule has 6 heteroatoms. The molecule has 3 N–H and O–H groups in total. The molecule has 1 aliphatic carbocycles. The van der Waals surface area contributed by atoms with Gasteiger partial charge < -0.3 is 16.0 Å². The second kappa shape index (κ2) is 10.2. The van der Waals surface area contributed by atoms with Crippen LogP contribution in [0, 0.1) is 0 Å². The first-order valence-corrected chi connectivity index (χ1v) is 12.7. The molecule has 2 atom stereocenters. The first kappa shape index (κ1) is 21.7. The molecule has 0 amide bonds. The van der Waals surface area contributed by atoms with Crippen molar-refractivity contribution in [3.63, 3.8) is 0 Å². The van der Waals surface area contributed by atoms with Crippen LogP contribution in [0.25, 0.3) is 0 Å². The predicted molar refractivity (Wildman–Crippen MR) is 131 cm³/mol. The van der Waals surface area contributed by atoms with Gasteiger partial charge in [0.15, 0.2) is 0 Å². The molecule has 2 aliphatic heterocycles. The number of benzene rings is 1. The Morgan fingerprint density at radius 1 is 0.875 bits per heavy atom. The van der Waals surface area contributed by atoms with Gasteiger partial charge in [-0.2, -0.15) is 4.98 Å². The van der Waals surface area contributed by atoms with Crippen molar-refractivity contribution in [3.8, 4) is 0 Å². The van der Waals surface area contributed by atoms with E-state index in [2.05, 4.69) is 45.4 Å². The number of hydrogen-bond donors (Lipinski definition) is 2. The first-order valence-electron chi connectivity index (χ1n) is 12.7. The van der Waals surface area contributed by atoms with Gasteiger partial charge in [-0.15, -0.1) is 0 Å². The minimum atomic E-state index is -0.0368. The summed E-state index contributed by atoms with van der Waals surface area (Å²) in [7, 11) is 0. The Kier molecular flexibility index (Phi) is 6.89. The Hall–Kier alpha value is -2.18. The van der Waals surface area contributed by atoms with Crippen molar-refractivity contribution >= 4 is 11.8 Å². The third kappa shape index (κ3) is 4.91. The minimum absolute atomic E-state index is 0.0368. The minimum Gasteiger partial charge on any atom is -0.356 e. The number of piperidine rings is 1. The van der Waals surface area contributed by atoms with Crippen LogP contribution in [0.2, 0.25) is 0 Å². The lowest BCUT2D eigenvalue weighted by Gasteiger charge is -2.39. The zero-order valence-electron chi connectivity index (χ0n) is 19.3. The van der Waals surface area contributed by atoms with Crippen LogP contribution in [0.3, 0.4) is 0 Å².